The molecule has 1 aliphatic rings. The molecule has 2 heterocycles. The minimum atomic E-state index is -3.72. The molecule has 2 aromatic carbocycles. The summed E-state index contributed by atoms with van der Waals surface area (Å²) in [7, 11) is -3.72. The number of nitrogens with one attached hydrogen (secondary N) is 1. The molecule has 0 spiro atoms. The monoisotopic (exact) mass is 460 g/mol. The van der Waals surface area contributed by atoms with Gasteiger partial charge in [-0.15, -0.1) is 10.2 Å². The summed E-state index contributed by atoms with van der Waals surface area (Å²) >= 11 is 1.05. The Kier molecular flexibility index (Phi) is 5.87. The Morgan fingerprint density at radius 1 is 1.16 bits per heavy atom. The molecule has 162 valence electrons. The van der Waals surface area contributed by atoms with Gasteiger partial charge in [-0.25, -0.2) is 12.8 Å². The highest BCUT2D eigenvalue weighted by molar-refractivity contribution is 7.89. The number of hydrogen-bond donors (Lipinski definition) is 1. The van der Waals surface area contributed by atoms with Crippen LogP contribution in [0.4, 0.5) is 10.1 Å². The van der Waals surface area contributed by atoms with Crippen molar-refractivity contribution in [2.75, 3.05) is 11.9 Å². The van der Waals surface area contributed by atoms with Crippen LogP contribution in [0.25, 0.3) is 0 Å². The van der Waals surface area contributed by atoms with E-state index in [4.69, 9.17) is 0 Å². The van der Waals surface area contributed by atoms with Crippen molar-refractivity contribution in [2.45, 2.75) is 37.6 Å². The van der Waals surface area contributed by atoms with Crippen LogP contribution < -0.4 is 5.32 Å². The Hall–Kier alpha value is -2.69. The van der Waals surface area contributed by atoms with Crippen LogP contribution in [0.1, 0.15) is 44.8 Å². The predicted molar refractivity (Wildman–Crippen MR) is 116 cm³/mol. The average Bonchev–Trinajstić information content (AvgIpc) is 3.37. The molecule has 1 aromatic heterocycles. The number of aryl methyl sites for hydroxylation is 2. The molecule has 1 saturated heterocycles. The van der Waals surface area contributed by atoms with Crippen LogP contribution in [0.5, 0.6) is 0 Å². The van der Waals surface area contributed by atoms with Crippen molar-refractivity contribution in [3.05, 3.63) is 69.4 Å². The molecule has 1 amide bonds. The summed E-state index contributed by atoms with van der Waals surface area (Å²) in [5.74, 6) is -0.981. The Balaban J connectivity index is 1.57. The van der Waals surface area contributed by atoms with Gasteiger partial charge in [0.25, 0.3) is 5.91 Å². The number of anilines is 1. The number of benzene rings is 2. The Labute approximate surface area is 184 Å². The Morgan fingerprint density at radius 3 is 2.61 bits per heavy atom. The standard InChI is InChI=1S/C21H21FN4O3S2/c1-13-9-14(2)11-17(10-13)31(28,29)26-8-4-7-18(26)20-24-25-21(30-20)19(27)23-16-6-3-5-15(22)12-16/h3,5-6,9-12,18H,4,7-8H2,1-2H3,(H,23,27)/t18-/m0/s1. The van der Waals surface area contributed by atoms with Gasteiger partial charge in [0.15, 0.2) is 0 Å². The first-order valence-corrected chi connectivity index (χ1v) is 12.0. The number of sulfonamides is 1. The van der Waals surface area contributed by atoms with Gasteiger partial charge in [-0.3, -0.25) is 4.79 Å². The number of rotatable bonds is 5. The molecule has 0 unspecified atom stereocenters. The number of carbonyl (C=O) groups is 1. The lowest BCUT2D eigenvalue weighted by molar-refractivity contribution is 0.102. The second-order valence-electron chi connectivity index (χ2n) is 7.51. The maximum absolute atomic E-state index is 13.3. The molecule has 7 nitrogen and oxygen atoms in total. The SMILES string of the molecule is Cc1cc(C)cc(S(=O)(=O)N2CCC[C@H]2c2nnc(C(=O)Nc3cccc(F)c3)s2)c1. The van der Waals surface area contributed by atoms with Gasteiger partial charge in [0.05, 0.1) is 10.9 Å². The van der Waals surface area contributed by atoms with E-state index in [0.717, 1.165) is 22.5 Å². The van der Waals surface area contributed by atoms with Gasteiger partial charge in [0, 0.05) is 12.2 Å². The minimum Gasteiger partial charge on any atom is -0.320 e. The van der Waals surface area contributed by atoms with Gasteiger partial charge in [-0.05, 0) is 68.1 Å². The average molecular weight is 461 g/mol. The fourth-order valence-electron chi connectivity index (χ4n) is 3.70. The first-order chi connectivity index (χ1) is 14.7. The number of halogens is 1. The zero-order valence-corrected chi connectivity index (χ0v) is 18.6. The molecule has 4 rings (SSSR count). The third-order valence-electron chi connectivity index (χ3n) is 5.01. The maximum atomic E-state index is 13.3. The minimum absolute atomic E-state index is 0.0925. The zero-order chi connectivity index (χ0) is 22.2. The molecule has 1 atom stereocenters. The van der Waals surface area contributed by atoms with Crippen LogP contribution in [-0.4, -0.2) is 35.4 Å². The molecule has 1 N–H and O–H groups in total. The van der Waals surface area contributed by atoms with Crippen LogP contribution in [0.15, 0.2) is 47.4 Å². The van der Waals surface area contributed by atoms with Crippen molar-refractivity contribution >= 4 is 33.0 Å². The lowest BCUT2D eigenvalue weighted by Gasteiger charge is -2.22. The highest BCUT2D eigenvalue weighted by Gasteiger charge is 2.38. The van der Waals surface area contributed by atoms with Gasteiger partial charge in [-0.1, -0.05) is 23.5 Å². The highest BCUT2D eigenvalue weighted by Crippen LogP contribution is 2.38. The summed E-state index contributed by atoms with van der Waals surface area (Å²) in [6.45, 7) is 4.10. The van der Waals surface area contributed by atoms with Gasteiger partial charge in [0.2, 0.25) is 15.0 Å². The zero-order valence-electron chi connectivity index (χ0n) is 17.0. The fourth-order valence-corrected chi connectivity index (χ4v) is 6.51. The Bertz CT molecular complexity index is 1220. The van der Waals surface area contributed by atoms with E-state index in [9.17, 15) is 17.6 Å². The van der Waals surface area contributed by atoms with E-state index in [1.807, 2.05) is 19.9 Å². The molecule has 1 aliphatic heterocycles. The molecular weight excluding hydrogens is 439 g/mol. The summed E-state index contributed by atoms with van der Waals surface area (Å²) in [4.78, 5) is 12.7. The van der Waals surface area contributed by atoms with Crippen LogP contribution in [0.3, 0.4) is 0 Å². The van der Waals surface area contributed by atoms with Crippen LogP contribution in [-0.2, 0) is 10.0 Å². The van der Waals surface area contributed by atoms with E-state index in [1.165, 1.54) is 22.5 Å². The fraction of sp³-hybridized carbons (Fsp3) is 0.286. The number of aromatic nitrogens is 2. The van der Waals surface area contributed by atoms with Crippen molar-refractivity contribution in [3.8, 4) is 0 Å². The molecule has 10 heteroatoms. The topological polar surface area (TPSA) is 92.3 Å². The normalized spacial score (nSPS) is 17.1. The number of hydrogen-bond acceptors (Lipinski definition) is 6. The third-order valence-corrected chi connectivity index (χ3v) is 7.92. The van der Waals surface area contributed by atoms with Crippen molar-refractivity contribution in [3.63, 3.8) is 0 Å². The third kappa shape index (κ3) is 4.51. The molecular formula is C21H21FN4O3S2. The largest absolute Gasteiger partial charge is 0.320 e. The predicted octanol–water partition coefficient (Wildman–Crippen LogP) is 4.07. The summed E-state index contributed by atoms with van der Waals surface area (Å²) in [6, 6.07) is 10.3. The van der Waals surface area contributed by atoms with Crippen molar-refractivity contribution in [2.24, 2.45) is 0 Å². The van der Waals surface area contributed by atoms with Gasteiger partial charge in [0.1, 0.15) is 10.8 Å². The second kappa shape index (κ2) is 8.45. The van der Waals surface area contributed by atoms with E-state index in [1.54, 1.807) is 18.2 Å². The maximum Gasteiger partial charge on any atom is 0.286 e. The highest BCUT2D eigenvalue weighted by atomic mass is 32.2. The van der Waals surface area contributed by atoms with E-state index >= 15 is 0 Å². The van der Waals surface area contributed by atoms with Crippen molar-refractivity contribution in [1.29, 1.82) is 0 Å². The number of nitrogens with zero attached hydrogens (tertiary/aromatic N) is 3. The number of carbonyl (C=O) groups excluding carboxylic acids is 1. The summed E-state index contributed by atoms with van der Waals surface area (Å²) < 4.78 is 41.4. The molecule has 3 aromatic rings. The van der Waals surface area contributed by atoms with Crippen molar-refractivity contribution in [1.82, 2.24) is 14.5 Å². The first-order valence-electron chi connectivity index (χ1n) is 9.74. The molecule has 0 aliphatic carbocycles. The van der Waals surface area contributed by atoms with E-state index in [2.05, 4.69) is 15.5 Å². The molecule has 0 bridgehead atoms. The molecule has 0 radical (unpaired) electrons. The van der Waals surface area contributed by atoms with Crippen LogP contribution >= 0.6 is 11.3 Å². The molecule has 31 heavy (non-hydrogen) atoms. The lowest BCUT2D eigenvalue weighted by atomic mass is 10.2. The van der Waals surface area contributed by atoms with Crippen LogP contribution in [0.2, 0.25) is 0 Å². The van der Waals surface area contributed by atoms with Gasteiger partial charge >= 0.3 is 0 Å². The van der Waals surface area contributed by atoms with Gasteiger partial charge < -0.3 is 5.32 Å². The van der Waals surface area contributed by atoms with E-state index in [0.29, 0.717) is 30.1 Å². The quantitative estimate of drug-likeness (QED) is 0.620. The van der Waals surface area contributed by atoms with E-state index < -0.39 is 27.8 Å². The smallest absolute Gasteiger partial charge is 0.286 e. The molecule has 1 fully saturated rings. The first kappa shape index (κ1) is 21.5. The number of amides is 1. The Morgan fingerprint density at radius 2 is 1.90 bits per heavy atom. The molecule has 0 saturated carbocycles. The van der Waals surface area contributed by atoms with Gasteiger partial charge in [-0.2, -0.15) is 4.31 Å². The lowest BCUT2D eigenvalue weighted by Crippen LogP contribution is -2.30. The summed E-state index contributed by atoms with van der Waals surface area (Å²) in [5, 5.41) is 11.2. The second-order valence-corrected chi connectivity index (χ2v) is 10.4. The van der Waals surface area contributed by atoms with Crippen molar-refractivity contribution < 1.29 is 17.6 Å². The summed E-state index contributed by atoms with van der Waals surface area (Å²) in [6.07, 6.45) is 1.29. The van der Waals surface area contributed by atoms with E-state index in [-0.39, 0.29) is 9.90 Å². The summed E-state index contributed by atoms with van der Waals surface area (Å²) in [5.41, 5.74) is 2.06. The van der Waals surface area contributed by atoms with Crippen LogP contribution in [0, 0.1) is 19.7 Å².